The van der Waals surface area contributed by atoms with Gasteiger partial charge in [-0.1, -0.05) is 6.07 Å². The van der Waals surface area contributed by atoms with Gasteiger partial charge >= 0.3 is 0 Å². The van der Waals surface area contributed by atoms with E-state index >= 15 is 0 Å². The van der Waals surface area contributed by atoms with E-state index in [9.17, 15) is 0 Å². The van der Waals surface area contributed by atoms with Crippen molar-refractivity contribution in [2.45, 2.75) is 38.2 Å². The van der Waals surface area contributed by atoms with Gasteiger partial charge in [0.25, 0.3) is 0 Å². The van der Waals surface area contributed by atoms with Crippen molar-refractivity contribution in [1.29, 1.82) is 0 Å². The minimum Gasteiger partial charge on any atom is -0.474 e. The SMILES string of the molecule is Nc1ncccc1-c1nc2ccc(OC3CC3)nc2n1-c1ccc2c(c1)CCC2. The minimum atomic E-state index is 0.296. The zero-order valence-corrected chi connectivity index (χ0v) is 16.0. The molecule has 29 heavy (non-hydrogen) atoms. The van der Waals surface area contributed by atoms with Gasteiger partial charge < -0.3 is 10.5 Å². The summed E-state index contributed by atoms with van der Waals surface area (Å²) in [6, 6.07) is 14.3. The molecule has 2 aliphatic rings. The Bertz CT molecular complexity index is 1240. The number of nitrogens with two attached hydrogens (primary N) is 1. The number of aryl methyl sites for hydroxylation is 2. The third kappa shape index (κ3) is 2.83. The molecule has 0 radical (unpaired) electrons. The van der Waals surface area contributed by atoms with Gasteiger partial charge in [-0.25, -0.2) is 9.97 Å². The average molecular weight is 383 g/mol. The molecule has 0 spiro atoms. The van der Waals surface area contributed by atoms with Gasteiger partial charge in [0.2, 0.25) is 5.88 Å². The topological polar surface area (TPSA) is 78.8 Å². The summed E-state index contributed by atoms with van der Waals surface area (Å²) in [4.78, 5) is 14.0. The number of rotatable bonds is 4. The lowest BCUT2D eigenvalue weighted by Crippen LogP contribution is -2.03. The third-order valence-electron chi connectivity index (χ3n) is 5.71. The second-order valence-corrected chi connectivity index (χ2v) is 7.82. The highest BCUT2D eigenvalue weighted by Gasteiger charge is 2.25. The van der Waals surface area contributed by atoms with E-state index in [1.165, 1.54) is 17.5 Å². The van der Waals surface area contributed by atoms with E-state index in [1.807, 2.05) is 24.3 Å². The predicted octanol–water partition coefficient (Wildman–Crippen LogP) is 4.09. The van der Waals surface area contributed by atoms with Crippen LogP contribution in [0.2, 0.25) is 0 Å². The number of pyridine rings is 2. The first-order valence-corrected chi connectivity index (χ1v) is 10.2. The Morgan fingerprint density at radius 2 is 1.90 bits per heavy atom. The van der Waals surface area contributed by atoms with Crippen LogP contribution in [0.25, 0.3) is 28.2 Å². The summed E-state index contributed by atoms with van der Waals surface area (Å²) in [5, 5.41) is 0. The number of benzene rings is 1. The maximum atomic E-state index is 6.21. The second kappa shape index (κ2) is 6.30. The van der Waals surface area contributed by atoms with Crippen LogP contribution < -0.4 is 10.5 Å². The highest BCUT2D eigenvalue weighted by molar-refractivity contribution is 5.83. The van der Waals surface area contributed by atoms with Crippen LogP contribution in [0.3, 0.4) is 0 Å². The molecule has 0 amide bonds. The van der Waals surface area contributed by atoms with Crippen molar-refractivity contribution >= 4 is 17.0 Å². The Kier molecular flexibility index (Phi) is 3.59. The van der Waals surface area contributed by atoms with Crippen LogP contribution in [-0.2, 0) is 12.8 Å². The van der Waals surface area contributed by atoms with Crippen LogP contribution in [0, 0.1) is 0 Å². The van der Waals surface area contributed by atoms with Crippen molar-refractivity contribution in [3.05, 3.63) is 59.8 Å². The largest absolute Gasteiger partial charge is 0.474 e. The lowest BCUT2D eigenvalue weighted by molar-refractivity contribution is 0.292. The average Bonchev–Trinajstić information content (AvgIpc) is 3.29. The Labute approximate surface area is 168 Å². The van der Waals surface area contributed by atoms with Crippen LogP contribution in [0.15, 0.2) is 48.7 Å². The summed E-state index contributed by atoms with van der Waals surface area (Å²) in [5.74, 6) is 1.85. The summed E-state index contributed by atoms with van der Waals surface area (Å²) >= 11 is 0. The van der Waals surface area contributed by atoms with E-state index in [0.717, 1.165) is 53.9 Å². The quantitative estimate of drug-likeness (QED) is 0.574. The molecule has 1 aromatic carbocycles. The monoisotopic (exact) mass is 383 g/mol. The molecule has 6 nitrogen and oxygen atoms in total. The molecule has 3 aromatic heterocycles. The molecule has 6 rings (SSSR count). The van der Waals surface area contributed by atoms with Crippen molar-refractivity contribution in [2.24, 2.45) is 0 Å². The molecule has 0 atom stereocenters. The first-order valence-electron chi connectivity index (χ1n) is 10.2. The van der Waals surface area contributed by atoms with E-state index in [2.05, 4.69) is 27.8 Å². The molecule has 0 saturated heterocycles. The molecular formula is C23H21N5O. The number of imidazole rings is 1. The lowest BCUT2D eigenvalue weighted by atomic mass is 10.1. The Balaban J connectivity index is 1.60. The summed E-state index contributed by atoms with van der Waals surface area (Å²) in [6.07, 6.45) is 7.67. The number of ether oxygens (including phenoxy) is 1. The van der Waals surface area contributed by atoms with Crippen molar-refractivity contribution in [3.63, 3.8) is 0 Å². The highest BCUT2D eigenvalue weighted by Crippen LogP contribution is 2.34. The molecular weight excluding hydrogens is 362 g/mol. The normalized spacial score (nSPS) is 15.6. The molecule has 3 heterocycles. The Morgan fingerprint density at radius 3 is 2.76 bits per heavy atom. The van der Waals surface area contributed by atoms with E-state index in [1.54, 1.807) is 6.20 Å². The second-order valence-electron chi connectivity index (χ2n) is 7.82. The van der Waals surface area contributed by atoms with Crippen LogP contribution in [0.1, 0.15) is 30.4 Å². The summed E-state index contributed by atoms with van der Waals surface area (Å²) in [5.41, 5.74) is 12.5. The minimum absolute atomic E-state index is 0.296. The molecule has 2 N–H and O–H groups in total. The van der Waals surface area contributed by atoms with E-state index in [4.69, 9.17) is 20.4 Å². The standard InChI is InChI=1S/C23H21N5O/c24-21-18(5-2-12-25-21)22-26-19-10-11-20(29-17-8-9-17)27-23(19)28(22)16-7-6-14-3-1-4-15(14)13-16/h2,5-7,10-13,17H,1,3-4,8-9H2,(H2,24,25). The predicted molar refractivity (Wildman–Crippen MR) is 112 cm³/mol. The Morgan fingerprint density at radius 1 is 1.00 bits per heavy atom. The summed E-state index contributed by atoms with van der Waals surface area (Å²) in [7, 11) is 0. The van der Waals surface area contributed by atoms with Gasteiger partial charge in [0.05, 0.1) is 5.56 Å². The van der Waals surface area contributed by atoms with Gasteiger partial charge in [0, 0.05) is 18.0 Å². The molecule has 1 saturated carbocycles. The maximum absolute atomic E-state index is 6.21. The number of hydrogen-bond donors (Lipinski definition) is 1. The van der Waals surface area contributed by atoms with Gasteiger partial charge in [-0.3, -0.25) is 4.57 Å². The zero-order valence-electron chi connectivity index (χ0n) is 16.0. The molecule has 144 valence electrons. The number of aromatic nitrogens is 4. The van der Waals surface area contributed by atoms with Gasteiger partial charge in [-0.05, 0) is 73.6 Å². The van der Waals surface area contributed by atoms with Crippen molar-refractivity contribution in [3.8, 4) is 23.0 Å². The van der Waals surface area contributed by atoms with Crippen molar-refractivity contribution in [2.75, 3.05) is 5.73 Å². The molecule has 0 aliphatic heterocycles. The number of fused-ring (bicyclic) bond motifs is 2. The van der Waals surface area contributed by atoms with E-state index in [-0.39, 0.29) is 0 Å². The fraction of sp³-hybridized carbons (Fsp3) is 0.261. The fourth-order valence-electron chi connectivity index (χ4n) is 4.09. The molecule has 2 aliphatic carbocycles. The van der Waals surface area contributed by atoms with Gasteiger partial charge in [0.1, 0.15) is 17.4 Å². The van der Waals surface area contributed by atoms with Crippen molar-refractivity contribution < 1.29 is 4.74 Å². The molecule has 6 heteroatoms. The van der Waals surface area contributed by atoms with Crippen LogP contribution >= 0.6 is 0 Å². The highest BCUT2D eigenvalue weighted by atomic mass is 16.5. The number of hydrogen-bond acceptors (Lipinski definition) is 5. The van der Waals surface area contributed by atoms with Crippen LogP contribution in [-0.4, -0.2) is 25.6 Å². The van der Waals surface area contributed by atoms with Crippen molar-refractivity contribution in [1.82, 2.24) is 19.5 Å². The van der Waals surface area contributed by atoms with Crippen LogP contribution in [0.4, 0.5) is 5.82 Å². The molecule has 4 aromatic rings. The first kappa shape index (κ1) is 16.5. The number of nitrogen functional groups attached to an aromatic ring is 1. The van der Waals surface area contributed by atoms with Gasteiger partial charge in [-0.15, -0.1) is 0 Å². The van der Waals surface area contributed by atoms with Gasteiger partial charge in [0.15, 0.2) is 11.5 Å². The molecule has 0 bridgehead atoms. The molecule has 1 fully saturated rings. The van der Waals surface area contributed by atoms with Crippen LogP contribution in [0.5, 0.6) is 5.88 Å². The fourth-order valence-corrected chi connectivity index (χ4v) is 4.09. The summed E-state index contributed by atoms with van der Waals surface area (Å²) < 4.78 is 8.03. The van der Waals surface area contributed by atoms with E-state index < -0.39 is 0 Å². The third-order valence-corrected chi connectivity index (χ3v) is 5.71. The Hall–Kier alpha value is -3.41. The number of anilines is 1. The number of nitrogens with zero attached hydrogens (tertiary/aromatic N) is 4. The maximum Gasteiger partial charge on any atom is 0.215 e. The molecule has 0 unspecified atom stereocenters. The zero-order chi connectivity index (χ0) is 19.4. The summed E-state index contributed by atoms with van der Waals surface area (Å²) in [6.45, 7) is 0. The lowest BCUT2D eigenvalue weighted by Gasteiger charge is -2.12. The first-order chi connectivity index (χ1) is 14.3. The smallest absolute Gasteiger partial charge is 0.215 e. The van der Waals surface area contributed by atoms with Gasteiger partial charge in [-0.2, -0.15) is 4.98 Å². The van der Waals surface area contributed by atoms with E-state index in [0.29, 0.717) is 17.8 Å².